The number of rotatable bonds is 2. The second kappa shape index (κ2) is 5.19. The molecule has 0 bridgehead atoms. The van der Waals surface area contributed by atoms with Gasteiger partial charge in [-0.05, 0) is 24.5 Å². The molecule has 114 valence electrons. The van der Waals surface area contributed by atoms with Gasteiger partial charge in [0.15, 0.2) is 0 Å². The fourth-order valence-corrected chi connectivity index (χ4v) is 3.83. The van der Waals surface area contributed by atoms with Crippen molar-refractivity contribution >= 4 is 5.91 Å². The summed E-state index contributed by atoms with van der Waals surface area (Å²) >= 11 is 0. The lowest BCUT2D eigenvalue weighted by atomic mass is 9.78. The Labute approximate surface area is 128 Å². The molecule has 0 spiro atoms. The summed E-state index contributed by atoms with van der Waals surface area (Å²) in [5.41, 5.74) is 2.56. The van der Waals surface area contributed by atoms with Gasteiger partial charge in [-0.2, -0.15) is 15.4 Å². The molecule has 6 nitrogen and oxygen atoms in total. The summed E-state index contributed by atoms with van der Waals surface area (Å²) in [5.74, 6) is 0.228. The van der Waals surface area contributed by atoms with Gasteiger partial charge in [-0.3, -0.25) is 9.78 Å². The molecule has 0 unspecified atom stereocenters. The Bertz CT molecular complexity index is 675. The molecule has 2 aromatic rings. The van der Waals surface area contributed by atoms with Crippen molar-refractivity contribution in [1.82, 2.24) is 25.3 Å². The molecule has 2 aromatic heterocycles. The highest BCUT2D eigenvalue weighted by Gasteiger charge is 2.45. The number of amides is 1. The first-order valence-corrected chi connectivity index (χ1v) is 7.88. The van der Waals surface area contributed by atoms with E-state index < -0.39 is 5.41 Å². The summed E-state index contributed by atoms with van der Waals surface area (Å²) in [6.45, 7) is 1.28. The average molecular weight is 297 g/mol. The van der Waals surface area contributed by atoms with E-state index >= 15 is 0 Å². The third kappa shape index (κ3) is 2.01. The minimum Gasteiger partial charge on any atom is -0.335 e. The van der Waals surface area contributed by atoms with Crippen molar-refractivity contribution < 1.29 is 4.79 Å². The Balaban J connectivity index is 1.65. The van der Waals surface area contributed by atoms with Crippen molar-refractivity contribution in [3.8, 4) is 0 Å². The topological polar surface area (TPSA) is 74.8 Å². The van der Waals surface area contributed by atoms with Gasteiger partial charge in [0.25, 0.3) is 0 Å². The number of pyridine rings is 1. The quantitative estimate of drug-likeness (QED) is 0.913. The number of fused-ring (bicyclic) bond motifs is 1. The van der Waals surface area contributed by atoms with Crippen LogP contribution in [0.4, 0.5) is 0 Å². The van der Waals surface area contributed by atoms with Crippen LogP contribution in [0.15, 0.2) is 24.5 Å². The molecule has 1 fully saturated rings. The van der Waals surface area contributed by atoms with E-state index in [4.69, 9.17) is 0 Å². The maximum absolute atomic E-state index is 13.3. The lowest BCUT2D eigenvalue weighted by Crippen LogP contribution is -2.47. The standard InChI is InChI=1S/C16H19N5O/c22-15(21-9-5-13-14(11-21)19-20-18-13)16(6-1-2-7-16)12-4-3-8-17-10-12/h3-4,8,10H,1-2,5-7,9,11H2,(H,18,19,20). The third-order valence-electron chi connectivity index (χ3n) is 5.03. The second-order valence-electron chi connectivity index (χ2n) is 6.22. The van der Waals surface area contributed by atoms with Crippen LogP contribution in [0.3, 0.4) is 0 Å². The van der Waals surface area contributed by atoms with Crippen LogP contribution in [0, 0.1) is 0 Å². The summed E-state index contributed by atoms with van der Waals surface area (Å²) < 4.78 is 0. The average Bonchev–Trinajstić information content (AvgIpc) is 3.24. The maximum atomic E-state index is 13.3. The van der Waals surface area contributed by atoms with Gasteiger partial charge in [-0.15, -0.1) is 0 Å². The van der Waals surface area contributed by atoms with Gasteiger partial charge in [0, 0.05) is 25.4 Å². The zero-order valence-corrected chi connectivity index (χ0v) is 12.5. The van der Waals surface area contributed by atoms with E-state index in [-0.39, 0.29) is 5.91 Å². The number of aromatic nitrogens is 4. The first kappa shape index (κ1) is 13.4. The van der Waals surface area contributed by atoms with Crippen LogP contribution in [0.2, 0.25) is 0 Å². The molecular formula is C16H19N5O. The summed E-state index contributed by atoms with van der Waals surface area (Å²) in [5, 5.41) is 11.0. The molecule has 6 heteroatoms. The fraction of sp³-hybridized carbons (Fsp3) is 0.500. The molecule has 0 radical (unpaired) electrons. The highest BCUT2D eigenvalue weighted by atomic mass is 16.2. The number of hydrogen-bond donors (Lipinski definition) is 1. The minimum atomic E-state index is -0.393. The van der Waals surface area contributed by atoms with Crippen molar-refractivity contribution in [2.75, 3.05) is 6.54 Å². The molecular weight excluding hydrogens is 278 g/mol. The molecule has 0 atom stereocenters. The Morgan fingerprint density at radius 3 is 2.82 bits per heavy atom. The first-order chi connectivity index (χ1) is 10.8. The lowest BCUT2D eigenvalue weighted by molar-refractivity contribution is -0.138. The van der Waals surface area contributed by atoms with Crippen LogP contribution in [-0.2, 0) is 23.2 Å². The van der Waals surface area contributed by atoms with E-state index in [1.165, 1.54) is 0 Å². The van der Waals surface area contributed by atoms with Gasteiger partial charge in [0.05, 0.1) is 17.7 Å². The van der Waals surface area contributed by atoms with Crippen molar-refractivity contribution in [3.63, 3.8) is 0 Å². The SMILES string of the molecule is O=C(N1CCc2n[nH]nc2C1)C1(c2cccnc2)CCCC1. The number of nitrogens with zero attached hydrogens (tertiary/aromatic N) is 4. The van der Waals surface area contributed by atoms with E-state index in [1.807, 2.05) is 23.2 Å². The minimum absolute atomic E-state index is 0.228. The van der Waals surface area contributed by atoms with Crippen molar-refractivity contribution in [3.05, 3.63) is 41.5 Å². The van der Waals surface area contributed by atoms with Crippen LogP contribution in [0.25, 0.3) is 0 Å². The molecule has 1 saturated carbocycles. The van der Waals surface area contributed by atoms with Crippen LogP contribution in [-0.4, -0.2) is 37.7 Å². The predicted molar refractivity (Wildman–Crippen MR) is 79.9 cm³/mol. The second-order valence-corrected chi connectivity index (χ2v) is 6.22. The fourth-order valence-electron chi connectivity index (χ4n) is 3.83. The van der Waals surface area contributed by atoms with Crippen molar-refractivity contribution in [2.24, 2.45) is 0 Å². The molecule has 1 N–H and O–H groups in total. The zero-order chi connectivity index (χ0) is 15.0. The Kier molecular flexibility index (Phi) is 3.17. The number of nitrogens with one attached hydrogen (secondary N) is 1. The Hall–Kier alpha value is -2.24. The van der Waals surface area contributed by atoms with E-state index in [0.717, 1.165) is 55.6 Å². The Morgan fingerprint density at radius 1 is 1.23 bits per heavy atom. The largest absolute Gasteiger partial charge is 0.335 e. The summed E-state index contributed by atoms with van der Waals surface area (Å²) in [6, 6.07) is 3.97. The highest BCUT2D eigenvalue weighted by molar-refractivity contribution is 5.88. The van der Waals surface area contributed by atoms with Crippen LogP contribution < -0.4 is 0 Å². The number of carbonyl (C=O) groups excluding carboxylic acids is 1. The molecule has 1 amide bonds. The maximum Gasteiger partial charge on any atom is 0.233 e. The van der Waals surface area contributed by atoms with Crippen LogP contribution >= 0.6 is 0 Å². The monoisotopic (exact) mass is 297 g/mol. The van der Waals surface area contributed by atoms with Crippen molar-refractivity contribution in [1.29, 1.82) is 0 Å². The number of aromatic amines is 1. The first-order valence-electron chi connectivity index (χ1n) is 7.88. The highest BCUT2D eigenvalue weighted by Crippen LogP contribution is 2.42. The molecule has 0 aromatic carbocycles. The zero-order valence-electron chi connectivity index (χ0n) is 12.5. The molecule has 2 aliphatic rings. The summed E-state index contributed by atoms with van der Waals surface area (Å²) in [7, 11) is 0. The van der Waals surface area contributed by atoms with Gasteiger partial charge in [-0.1, -0.05) is 18.9 Å². The van der Waals surface area contributed by atoms with E-state index in [9.17, 15) is 4.79 Å². The molecule has 0 saturated heterocycles. The predicted octanol–water partition coefficient (Wildman–Crippen LogP) is 1.60. The smallest absolute Gasteiger partial charge is 0.233 e. The Morgan fingerprint density at radius 2 is 2.05 bits per heavy atom. The van der Waals surface area contributed by atoms with E-state index in [2.05, 4.69) is 20.4 Å². The van der Waals surface area contributed by atoms with Crippen LogP contribution in [0.1, 0.15) is 42.6 Å². The molecule has 1 aliphatic heterocycles. The van der Waals surface area contributed by atoms with Gasteiger partial charge in [-0.25, -0.2) is 0 Å². The van der Waals surface area contributed by atoms with Crippen molar-refractivity contribution in [2.45, 2.75) is 44.1 Å². The van der Waals surface area contributed by atoms with Gasteiger partial charge >= 0.3 is 0 Å². The van der Waals surface area contributed by atoms with Gasteiger partial charge in [0.2, 0.25) is 5.91 Å². The lowest BCUT2D eigenvalue weighted by Gasteiger charge is -2.35. The van der Waals surface area contributed by atoms with E-state index in [1.54, 1.807) is 6.20 Å². The number of carbonyl (C=O) groups is 1. The molecule has 4 rings (SSSR count). The summed E-state index contributed by atoms with van der Waals surface area (Å²) in [6.07, 6.45) is 8.43. The van der Waals surface area contributed by atoms with E-state index in [0.29, 0.717) is 6.54 Å². The van der Waals surface area contributed by atoms with Gasteiger partial charge < -0.3 is 4.90 Å². The summed E-state index contributed by atoms with van der Waals surface area (Å²) in [4.78, 5) is 19.5. The normalized spacial score (nSPS) is 19.9. The number of H-pyrrole nitrogens is 1. The molecule has 22 heavy (non-hydrogen) atoms. The van der Waals surface area contributed by atoms with Crippen LogP contribution in [0.5, 0.6) is 0 Å². The molecule has 1 aliphatic carbocycles. The number of hydrogen-bond acceptors (Lipinski definition) is 4. The molecule has 3 heterocycles. The van der Waals surface area contributed by atoms with Gasteiger partial charge in [0.1, 0.15) is 5.69 Å². The third-order valence-corrected chi connectivity index (χ3v) is 5.03.